The summed E-state index contributed by atoms with van der Waals surface area (Å²) in [5.74, 6) is -1.08. The molecule has 1 aromatic rings. The van der Waals surface area contributed by atoms with Gasteiger partial charge in [0.15, 0.2) is 0 Å². The van der Waals surface area contributed by atoms with Crippen LogP contribution in [0.1, 0.15) is 32.3 Å². The first-order valence-corrected chi connectivity index (χ1v) is 11.7. The van der Waals surface area contributed by atoms with Gasteiger partial charge >= 0.3 is 6.09 Å². The van der Waals surface area contributed by atoms with Crippen molar-refractivity contribution in [3.63, 3.8) is 0 Å². The number of carboxylic acid groups (broad SMARTS) is 1. The van der Waals surface area contributed by atoms with Crippen LogP contribution in [-0.4, -0.2) is 65.8 Å². The second kappa shape index (κ2) is 8.81. The first-order chi connectivity index (χ1) is 14.9. The van der Waals surface area contributed by atoms with Crippen LogP contribution in [0.3, 0.4) is 0 Å². The first-order valence-electron chi connectivity index (χ1n) is 10.3. The highest BCUT2D eigenvalue weighted by Crippen LogP contribution is 2.30. The molecular weight excluding hydrogens is 436 g/mol. The smallest absolute Gasteiger partial charge is 0.407 e. The van der Waals surface area contributed by atoms with Crippen molar-refractivity contribution in [1.29, 1.82) is 0 Å². The lowest BCUT2D eigenvalue weighted by atomic mass is 9.79. The second-order valence-electron chi connectivity index (χ2n) is 8.79. The average Bonchev–Trinajstić information content (AvgIpc) is 2.71. The molecule has 0 aliphatic carbocycles. The molecular formula is C21H28N4O6S. The van der Waals surface area contributed by atoms with E-state index < -0.39 is 39.4 Å². The van der Waals surface area contributed by atoms with Gasteiger partial charge in [-0.05, 0) is 25.5 Å². The molecule has 0 spiro atoms. The molecule has 1 saturated heterocycles. The van der Waals surface area contributed by atoms with Crippen LogP contribution in [0.2, 0.25) is 0 Å². The summed E-state index contributed by atoms with van der Waals surface area (Å²) in [5, 5.41) is 14.6. The summed E-state index contributed by atoms with van der Waals surface area (Å²) in [6, 6.07) is 4.69. The SMILES string of the molecule is Cc1ccc(S(=O)(=O)N2C=CNC(=O)[C@H]2CC(=O)N[C@H]2CCN(C(=O)O)CC2(C)C)cc1. The number of nitrogens with zero attached hydrogens (tertiary/aromatic N) is 2. The van der Waals surface area contributed by atoms with Gasteiger partial charge in [0.2, 0.25) is 11.8 Å². The number of rotatable bonds is 5. The summed E-state index contributed by atoms with van der Waals surface area (Å²) < 4.78 is 27.2. The van der Waals surface area contributed by atoms with Gasteiger partial charge in [0.25, 0.3) is 10.0 Å². The maximum Gasteiger partial charge on any atom is 0.407 e. The number of carbonyl (C=O) groups excluding carboxylic acids is 2. The molecule has 2 heterocycles. The van der Waals surface area contributed by atoms with Crippen LogP contribution in [-0.2, 0) is 19.6 Å². The zero-order valence-corrected chi connectivity index (χ0v) is 19.1. The monoisotopic (exact) mass is 464 g/mol. The highest BCUT2D eigenvalue weighted by atomic mass is 32.2. The molecule has 2 atom stereocenters. The van der Waals surface area contributed by atoms with E-state index >= 15 is 0 Å². The van der Waals surface area contributed by atoms with Crippen molar-refractivity contribution in [1.82, 2.24) is 19.8 Å². The van der Waals surface area contributed by atoms with Gasteiger partial charge in [0.05, 0.1) is 11.3 Å². The number of sulfonamides is 1. The molecule has 11 heteroatoms. The van der Waals surface area contributed by atoms with Gasteiger partial charge in [0, 0.05) is 36.9 Å². The van der Waals surface area contributed by atoms with Crippen LogP contribution in [0.5, 0.6) is 0 Å². The molecule has 10 nitrogen and oxygen atoms in total. The average molecular weight is 465 g/mol. The van der Waals surface area contributed by atoms with E-state index in [0.29, 0.717) is 6.42 Å². The molecule has 3 amide bonds. The molecule has 2 aliphatic rings. The number of aryl methyl sites for hydroxylation is 1. The van der Waals surface area contributed by atoms with E-state index in [1.165, 1.54) is 29.4 Å². The molecule has 1 aromatic carbocycles. The van der Waals surface area contributed by atoms with Crippen LogP contribution in [0, 0.1) is 12.3 Å². The zero-order valence-electron chi connectivity index (χ0n) is 18.2. The summed E-state index contributed by atoms with van der Waals surface area (Å²) in [7, 11) is -4.05. The number of carbonyl (C=O) groups is 3. The molecule has 174 valence electrons. The van der Waals surface area contributed by atoms with E-state index in [0.717, 1.165) is 9.87 Å². The summed E-state index contributed by atoms with van der Waals surface area (Å²) in [6.45, 7) is 6.09. The predicted octanol–water partition coefficient (Wildman–Crippen LogP) is 1.24. The number of hydrogen-bond acceptors (Lipinski definition) is 5. The fraction of sp³-hybridized carbons (Fsp3) is 0.476. The number of hydrogen-bond donors (Lipinski definition) is 3. The first kappa shape index (κ1) is 23.6. The number of likely N-dealkylation sites (tertiary alicyclic amines) is 1. The van der Waals surface area contributed by atoms with Gasteiger partial charge in [-0.2, -0.15) is 0 Å². The van der Waals surface area contributed by atoms with E-state index in [-0.39, 0.29) is 30.4 Å². The Morgan fingerprint density at radius 3 is 2.50 bits per heavy atom. The molecule has 0 unspecified atom stereocenters. The number of piperidine rings is 1. The van der Waals surface area contributed by atoms with Crippen LogP contribution >= 0.6 is 0 Å². The van der Waals surface area contributed by atoms with Crippen molar-refractivity contribution in [3.8, 4) is 0 Å². The van der Waals surface area contributed by atoms with Crippen molar-refractivity contribution in [2.24, 2.45) is 5.41 Å². The molecule has 3 rings (SSSR count). The number of benzene rings is 1. The van der Waals surface area contributed by atoms with Gasteiger partial charge in [0.1, 0.15) is 6.04 Å². The van der Waals surface area contributed by atoms with Crippen molar-refractivity contribution in [2.45, 2.75) is 50.6 Å². The Morgan fingerprint density at radius 2 is 1.91 bits per heavy atom. The minimum Gasteiger partial charge on any atom is -0.465 e. The van der Waals surface area contributed by atoms with Crippen molar-refractivity contribution < 1.29 is 27.9 Å². The van der Waals surface area contributed by atoms with E-state index in [2.05, 4.69) is 10.6 Å². The Bertz CT molecular complexity index is 1030. The van der Waals surface area contributed by atoms with E-state index in [4.69, 9.17) is 0 Å². The zero-order chi connectivity index (χ0) is 23.7. The maximum absolute atomic E-state index is 13.1. The Kier molecular flexibility index (Phi) is 6.49. The van der Waals surface area contributed by atoms with Gasteiger partial charge in [-0.15, -0.1) is 0 Å². The molecule has 32 heavy (non-hydrogen) atoms. The molecule has 1 fully saturated rings. The topological polar surface area (TPSA) is 136 Å². The molecule has 0 saturated carbocycles. The standard InChI is InChI=1S/C21H28N4O6S/c1-14-4-6-15(7-5-14)32(30,31)25-11-9-22-19(27)16(25)12-18(26)23-17-8-10-24(20(28)29)13-21(17,2)3/h4-7,9,11,16-17H,8,10,12-13H2,1-3H3,(H,22,27)(H,23,26)(H,28,29)/t16-,17+/m1/s1. The van der Waals surface area contributed by atoms with E-state index in [9.17, 15) is 27.9 Å². The van der Waals surface area contributed by atoms with Crippen LogP contribution < -0.4 is 10.6 Å². The highest BCUT2D eigenvalue weighted by Gasteiger charge is 2.41. The maximum atomic E-state index is 13.1. The minimum absolute atomic E-state index is 0.0232. The number of nitrogens with one attached hydrogen (secondary N) is 2. The van der Waals surface area contributed by atoms with Gasteiger partial charge in [-0.25, -0.2) is 13.2 Å². The minimum atomic E-state index is -4.05. The fourth-order valence-electron chi connectivity index (χ4n) is 3.99. The number of amides is 3. The van der Waals surface area contributed by atoms with Crippen LogP contribution in [0.25, 0.3) is 0 Å². The van der Waals surface area contributed by atoms with E-state index in [1.807, 2.05) is 20.8 Å². The Hall–Kier alpha value is -3.08. The molecule has 3 N–H and O–H groups in total. The summed E-state index contributed by atoms with van der Waals surface area (Å²) in [4.78, 5) is 37.9. The normalized spacial score (nSPS) is 22.9. The molecule has 2 aliphatic heterocycles. The van der Waals surface area contributed by atoms with Crippen molar-refractivity contribution in [3.05, 3.63) is 42.2 Å². The highest BCUT2D eigenvalue weighted by molar-refractivity contribution is 7.89. The van der Waals surface area contributed by atoms with Crippen molar-refractivity contribution in [2.75, 3.05) is 13.1 Å². The fourth-order valence-corrected chi connectivity index (χ4v) is 5.44. The van der Waals surface area contributed by atoms with Gasteiger partial charge in [-0.1, -0.05) is 31.5 Å². The Balaban J connectivity index is 1.75. The third kappa shape index (κ3) is 4.87. The third-order valence-corrected chi connectivity index (χ3v) is 7.67. The molecule has 0 bridgehead atoms. The molecule has 0 radical (unpaired) electrons. The Morgan fingerprint density at radius 1 is 1.25 bits per heavy atom. The predicted molar refractivity (Wildman–Crippen MR) is 116 cm³/mol. The van der Waals surface area contributed by atoms with Crippen LogP contribution in [0.15, 0.2) is 41.6 Å². The lowest BCUT2D eigenvalue weighted by molar-refractivity contribution is -0.130. The van der Waals surface area contributed by atoms with Gasteiger partial charge in [-0.3, -0.25) is 13.9 Å². The lowest BCUT2D eigenvalue weighted by Crippen LogP contribution is -2.58. The Labute approximate surface area is 187 Å². The summed E-state index contributed by atoms with van der Waals surface area (Å²) in [5.41, 5.74) is 0.373. The largest absolute Gasteiger partial charge is 0.465 e. The quantitative estimate of drug-likeness (QED) is 0.600. The van der Waals surface area contributed by atoms with Gasteiger partial charge < -0.3 is 20.6 Å². The van der Waals surface area contributed by atoms with Crippen molar-refractivity contribution >= 4 is 27.9 Å². The van der Waals surface area contributed by atoms with E-state index in [1.54, 1.807) is 12.1 Å². The lowest BCUT2D eigenvalue weighted by Gasteiger charge is -2.43. The second-order valence-corrected chi connectivity index (χ2v) is 10.6. The van der Waals surface area contributed by atoms with Crippen LogP contribution in [0.4, 0.5) is 4.79 Å². The molecule has 0 aromatic heterocycles. The third-order valence-electron chi connectivity index (χ3n) is 5.87. The summed E-state index contributed by atoms with van der Waals surface area (Å²) >= 11 is 0. The summed E-state index contributed by atoms with van der Waals surface area (Å²) in [6.07, 6.45) is 1.52.